The Morgan fingerprint density at radius 1 is 1.37 bits per heavy atom. The Morgan fingerprint density at radius 3 is 2.68 bits per heavy atom. The van der Waals surface area contributed by atoms with Crippen LogP contribution in [0.1, 0.15) is 11.1 Å². The summed E-state index contributed by atoms with van der Waals surface area (Å²) >= 11 is 0. The number of hydrogen-bond donors (Lipinski definition) is 2. The largest absolute Gasteiger partial charge is 0.497 e. The maximum atomic E-state index is 5.25. The first-order chi connectivity index (χ1) is 8.69. The smallest absolute Gasteiger partial charge is 0.191 e. The number of halogens is 1. The third-order valence-corrected chi connectivity index (χ3v) is 2.44. The van der Waals surface area contributed by atoms with Gasteiger partial charge in [-0.1, -0.05) is 12.1 Å². The summed E-state index contributed by atoms with van der Waals surface area (Å²) in [4.78, 5) is 4.12. The van der Waals surface area contributed by atoms with Gasteiger partial charge in [0.2, 0.25) is 0 Å². The molecule has 4 nitrogen and oxygen atoms in total. The van der Waals surface area contributed by atoms with Crippen molar-refractivity contribution in [3.8, 4) is 5.75 Å². The molecule has 1 rings (SSSR count). The molecule has 0 saturated carbocycles. The number of nitrogens with one attached hydrogen (secondary N) is 2. The number of rotatable bonds is 5. The van der Waals surface area contributed by atoms with Crippen LogP contribution in [0.4, 0.5) is 0 Å². The van der Waals surface area contributed by atoms with Crippen LogP contribution in [0.3, 0.4) is 0 Å². The minimum atomic E-state index is 0. The van der Waals surface area contributed by atoms with Gasteiger partial charge in [-0.05, 0) is 30.2 Å². The van der Waals surface area contributed by atoms with Crippen LogP contribution in [-0.2, 0) is 6.54 Å². The zero-order chi connectivity index (χ0) is 13.4. The lowest BCUT2D eigenvalue weighted by atomic mass is 10.1. The molecule has 1 aromatic rings. The zero-order valence-corrected chi connectivity index (χ0v) is 14.0. The van der Waals surface area contributed by atoms with Crippen molar-refractivity contribution >= 4 is 29.9 Å². The average molecular weight is 375 g/mol. The highest BCUT2D eigenvalue weighted by molar-refractivity contribution is 14.0. The third-order valence-electron chi connectivity index (χ3n) is 2.44. The number of aryl methyl sites for hydroxylation is 1. The van der Waals surface area contributed by atoms with Gasteiger partial charge >= 0.3 is 0 Å². The van der Waals surface area contributed by atoms with Crippen molar-refractivity contribution in [3.05, 3.63) is 42.0 Å². The zero-order valence-electron chi connectivity index (χ0n) is 11.7. The molecule has 0 aliphatic heterocycles. The molecule has 0 unspecified atom stereocenters. The second kappa shape index (κ2) is 9.66. The van der Waals surface area contributed by atoms with Gasteiger partial charge in [0, 0.05) is 20.1 Å². The molecule has 0 spiro atoms. The third kappa shape index (κ3) is 6.47. The Labute approximate surface area is 132 Å². The summed E-state index contributed by atoms with van der Waals surface area (Å²) in [5.41, 5.74) is 2.34. The molecule has 0 aromatic heterocycles. The minimum absolute atomic E-state index is 0. The van der Waals surface area contributed by atoms with E-state index < -0.39 is 0 Å². The lowest BCUT2D eigenvalue weighted by Gasteiger charge is -2.11. The number of methoxy groups -OCH3 is 1. The Kier molecular flexibility index (Phi) is 9.03. The van der Waals surface area contributed by atoms with Gasteiger partial charge in [-0.3, -0.25) is 4.99 Å². The van der Waals surface area contributed by atoms with E-state index in [4.69, 9.17) is 4.74 Å². The van der Waals surface area contributed by atoms with E-state index in [1.54, 1.807) is 20.2 Å². The molecule has 0 amide bonds. The molecule has 1 aromatic carbocycles. The minimum Gasteiger partial charge on any atom is -0.497 e. The van der Waals surface area contributed by atoms with Crippen LogP contribution in [0.15, 0.2) is 35.8 Å². The van der Waals surface area contributed by atoms with Gasteiger partial charge in [0.1, 0.15) is 5.75 Å². The van der Waals surface area contributed by atoms with Crippen LogP contribution in [0, 0.1) is 6.92 Å². The van der Waals surface area contributed by atoms with Crippen LogP contribution in [0.2, 0.25) is 0 Å². The Bertz CT molecular complexity index is 433. The fourth-order valence-corrected chi connectivity index (χ4v) is 1.62. The number of aliphatic imine (C=N–C) groups is 1. The quantitative estimate of drug-likeness (QED) is 0.360. The fraction of sp³-hybridized carbons (Fsp3) is 0.357. The van der Waals surface area contributed by atoms with Crippen LogP contribution >= 0.6 is 24.0 Å². The summed E-state index contributed by atoms with van der Waals surface area (Å²) in [5.74, 6) is 1.64. The average Bonchev–Trinajstić information content (AvgIpc) is 2.38. The first-order valence-corrected chi connectivity index (χ1v) is 5.89. The SMILES string of the molecule is C=CCNC(=NC)NCc1cc(C)cc(OC)c1.I. The van der Waals surface area contributed by atoms with Gasteiger partial charge in [0.25, 0.3) is 0 Å². The van der Waals surface area contributed by atoms with E-state index in [2.05, 4.69) is 35.2 Å². The van der Waals surface area contributed by atoms with Gasteiger partial charge in [-0.25, -0.2) is 0 Å². The second-order valence-electron chi connectivity index (χ2n) is 3.95. The van der Waals surface area contributed by atoms with E-state index in [0.29, 0.717) is 13.1 Å². The first-order valence-electron chi connectivity index (χ1n) is 5.89. The second-order valence-corrected chi connectivity index (χ2v) is 3.95. The molecule has 0 saturated heterocycles. The normalized spacial score (nSPS) is 10.4. The van der Waals surface area contributed by atoms with Crippen molar-refractivity contribution in [2.75, 3.05) is 20.7 Å². The molecule has 2 N–H and O–H groups in total. The lowest BCUT2D eigenvalue weighted by molar-refractivity contribution is 0.414. The Hall–Kier alpha value is -1.24. The van der Waals surface area contributed by atoms with Crippen molar-refractivity contribution in [1.29, 1.82) is 0 Å². The fourth-order valence-electron chi connectivity index (χ4n) is 1.62. The van der Waals surface area contributed by atoms with Gasteiger partial charge < -0.3 is 15.4 Å². The topological polar surface area (TPSA) is 45.7 Å². The number of benzene rings is 1. The Morgan fingerprint density at radius 2 is 2.11 bits per heavy atom. The summed E-state index contributed by atoms with van der Waals surface area (Å²) in [7, 11) is 3.42. The van der Waals surface area contributed by atoms with Crippen molar-refractivity contribution in [1.82, 2.24) is 10.6 Å². The standard InChI is InChI=1S/C14H21N3O.HI/c1-5-6-16-14(15-3)17-10-12-7-11(2)8-13(9-12)18-4;/h5,7-9H,1,6,10H2,2-4H3,(H2,15,16,17);1H. The van der Waals surface area contributed by atoms with Crippen molar-refractivity contribution < 1.29 is 4.74 Å². The molecular weight excluding hydrogens is 353 g/mol. The summed E-state index contributed by atoms with van der Waals surface area (Å²) in [6, 6.07) is 6.14. The summed E-state index contributed by atoms with van der Waals surface area (Å²) in [6.07, 6.45) is 1.79. The maximum absolute atomic E-state index is 5.25. The van der Waals surface area contributed by atoms with E-state index in [-0.39, 0.29) is 24.0 Å². The molecule has 0 aliphatic carbocycles. The van der Waals surface area contributed by atoms with E-state index in [9.17, 15) is 0 Å². The highest BCUT2D eigenvalue weighted by atomic mass is 127. The van der Waals surface area contributed by atoms with Crippen LogP contribution in [0.5, 0.6) is 5.75 Å². The van der Waals surface area contributed by atoms with E-state index in [1.807, 2.05) is 12.1 Å². The maximum Gasteiger partial charge on any atom is 0.191 e. The molecule has 0 radical (unpaired) electrons. The molecule has 5 heteroatoms. The van der Waals surface area contributed by atoms with E-state index in [0.717, 1.165) is 17.3 Å². The summed E-state index contributed by atoms with van der Waals surface area (Å²) in [5, 5.41) is 6.36. The van der Waals surface area contributed by atoms with Crippen LogP contribution in [0.25, 0.3) is 0 Å². The molecular formula is C14H22IN3O. The number of nitrogens with zero attached hydrogens (tertiary/aromatic N) is 1. The highest BCUT2D eigenvalue weighted by Gasteiger charge is 2.00. The van der Waals surface area contributed by atoms with Crippen molar-refractivity contribution in [2.24, 2.45) is 4.99 Å². The van der Waals surface area contributed by atoms with Gasteiger partial charge in [-0.15, -0.1) is 30.6 Å². The number of hydrogen-bond acceptors (Lipinski definition) is 2. The molecule has 0 atom stereocenters. The van der Waals surface area contributed by atoms with Crippen molar-refractivity contribution in [2.45, 2.75) is 13.5 Å². The number of ether oxygens (including phenoxy) is 1. The van der Waals surface area contributed by atoms with Crippen LogP contribution in [-0.4, -0.2) is 26.7 Å². The lowest BCUT2D eigenvalue weighted by Crippen LogP contribution is -2.36. The van der Waals surface area contributed by atoms with E-state index in [1.165, 1.54) is 5.56 Å². The molecule has 106 valence electrons. The van der Waals surface area contributed by atoms with Gasteiger partial charge in [0.05, 0.1) is 7.11 Å². The number of guanidine groups is 1. The monoisotopic (exact) mass is 375 g/mol. The molecule has 0 heterocycles. The van der Waals surface area contributed by atoms with E-state index >= 15 is 0 Å². The first kappa shape index (κ1) is 17.8. The predicted octanol–water partition coefficient (Wildman–Crippen LogP) is 2.47. The summed E-state index contributed by atoms with van der Waals surface area (Å²) < 4.78 is 5.25. The van der Waals surface area contributed by atoms with Gasteiger partial charge in [-0.2, -0.15) is 0 Å². The van der Waals surface area contributed by atoms with Crippen molar-refractivity contribution in [3.63, 3.8) is 0 Å². The predicted molar refractivity (Wildman–Crippen MR) is 91.5 cm³/mol. The summed E-state index contributed by atoms with van der Waals surface area (Å²) in [6.45, 7) is 7.10. The van der Waals surface area contributed by atoms with Gasteiger partial charge in [0.15, 0.2) is 5.96 Å². The molecule has 0 fully saturated rings. The molecule has 0 aliphatic rings. The van der Waals surface area contributed by atoms with Crippen LogP contribution < -0.4 is 15.4 Å². The highest BCUT2D eigenvalue weighted by Crippen LogP contribution is 2.16. The Balaban J connectivity index is 0.00000324. The molecule has 19 heavy (non-hydrogen) atoms. The molecule has 0 bridgehead atoms.